The lowest BCUT2D eigenvalue weighted by atomic mass is 9.95. The van der Waals surface area contributed by atoms with E-state index in [9.17, 15) is 0 Å². The first-order chi connectivity index (χ1) is 30.5. The van der Waals surface area contributed by atoms with Gasteiger partial charge in [0.15, 0.2) is 0 Å². The molecule has 11 rings (SSSR count). The Morgan fingerprint density at radius 2 is 0.762 bits per heavy atom. The first-order valence-electron chi connectivity index (χ1n) is 22.1. The molecule has 0 atom stereocenters. The summed E-state index contributed by atoms with van der Waals surface area (Å²) in [6, 6.07) is 55.4. The molecule has 0 aliphatic carbocycles. The maximum atomic E-state index is 6.94. The molecule has 11 aromatic rings. The molecule has 308 valence electrons. The Morgan fingerprint density at radius 1 is 0.365 bits per heavy atom. The third kappa shape index (κ3) is 6.19. The number of benzene rings is 9. The second kappa shape index (κ2) is 14.7. The molecular weight excluding hydrogens is 769 g/mol. The molecule has 0 saturated heterocycles. The maximum Gasteiger partial charge on any atom is 0.142 e. The minimum absolute atomic E-state index is 0.166. The molecule has 2 aromatic heterocycles. The lowest BCUT2D eigenvalue weighted by Gasteiger charge is -2.30. The minimum Gasteiger partial charge on any atom is -0.456 e. The Kier molecular flexibility index (Phi) is 8.99. The van der Waals surface area contributed by atoms with E-state index in [1.807, 2.05) is 0 Å². The van der Waals surface area contributed by atoms with Crippen molar-refractivity contribution in [3.05, 3.63) is 191 Å². The van der Waals surface area contributed by atoms with Gasteiger partial charge in [-0.1, -0.05) is 98.8 Å². The van der Waals surface area contributed by atoms with Gasteiger partial charge in [0.05, 0.1) is 11.4 Å². The third-order valence-electron chi connectivity index (χ3n) is 13.2. The Labute approximate surface area is 368 Å². The van der Waals surface area contributed by atoms with E-state index in [0.717, 1.165) is 71.6 Å². The summed E-state index contributed by atoms with van der Waals surface area (Å²) in [5.74, 6) is 0.166. The fraction of sp³-hybridized carbons (Fsp3) is 0.153. The van der Waals surface area contributed by atoms with Crippen molar-refractivity contribution in [1.29, 1.82) is 0 Å². The van der Waals surface area contributed by atoms with Gasteiger partial charge in [-0.05, 0) is 169 Å². The molecule has 4 heteroatoms. The number of nitrogens with zero attached hydrogens (tertiary/aromatic N) is 2. The summed E-state index contributed by atoms with van der Waals surface area (Å²) in [4.78, 5) is 4.82. The number of aryl methyl sites for hydroxylation is 6. The van der Waals surface area contributed by atoms with Crippen LogP contribution in [0.25, 0.3) is 65.4 Å². The van der Waals surface area contributed by atoms with Crippen LogP contribution in [0.15, 0.2) is 160 Å². The summed E-state index contributed by atoms with van der Waals surface area (Å²) in [6.45, 7) is 17.7. The highest BCUT2D eigenvalue weighted by molar-refractivity contribution is 6.20. The summed E-state index contributed by atoms with van der Waals surface area (Å²) in [5.41, 5.74) is 19.0. The molecule has 0 amide bonds. The van der Waals surface area contributed by atoms with Gasteiger partial charge in [-0.3, -0.25) is 0 Å². The van der Waals surface area contributed by atoms with Crippen molar-refractivity contribution < 1.29 is 8.83 Å². The van der Waals surface area contributed by atoms with Crippen LogP contribution in [0, 0.1) is 41.5 Å². The topological polar surface area (TPSA) is 32.8 Å². The first-order valence-corrected chi connectivity index (χ1v) is 22.1. The van der Waals surface area contributed by atoms with Gasteiger partial charge in [-0.25, -0.2) is 0 Å². The van der Waals surface area contributed by atoms with Gasteiger partial charge in [-0.2, -0.15) is 0 Å². The van der Waals surface area contributed by atoms with Crippen LogP contribution in [0.2, 0.25) is 0 Å². The predicted molar refractivity (Wildman–Crippen MR) is 268 cm³/mol. The Hall–Kier alpha value is -7.30. The number of furan rings is 2. The molecule has 0 bridgehead atoms. The molecular formula is C59H50N2O2. The Morgan fingerprint density at radius 3 is 1.16 bits per heavy atom. The second-order valence-corrected chi connectivity index (χ2v) is 17.9. The zero-order valence-corrected chi connectivity index (χ0v) is 37.2. The summed E-state index contributed by atoms with van der Waals surface area (Å²) in [7, 11) is 0. The van der Waals surface area contributed by atoms with E-state index >= 15 is 0 Å². The Balaban J connectivity index is 1.07. The molecule has 9 aromatic carbocycles. The third-order valence-corrected chi connectivity index (χ3v) is 13.2. The normalized spacial score (nSPS) is 12.0. The van der Waals surface area contributed by atoms with Gasteiger partial charge < -0.3 is 18.6 Å². The van der Waals surface area contributed by atoms with E-state index in [4.69, 9.17) is 8.83 Å². The highest BCUT2D eigenvalue weighted by Gasteiger charge is 2.25. The van der Waals surface area contributed by atoms with Crippen LogP contribution in [0.1, 0.15) is 58.7 Å². The molecule has 0 spiro atoms. The quantitative estimate of drug-likeness (QED) is 0.160. The molecule has 0 unspecified atom stereocenters. The van der Waals surface area contributed by atoms with E-state index in [0.29, 0.717) is 0 Å². The molecule has 0 aliphatic heterocycles. The summed E-state index contributed by atoms with van der Waals surface area (Å²) in [5, 5.41) is 9.07. The molecule has 4 nitrogen and oxygen atoms in total. The smallest absolute Gasteiger partial charge is 0.142 e. The average Bonchev–Trinajstić information content (AvgIpc) is 3.80. The highest BCUT2D eigenvalue weighted by Crippen LogP contribution is 2.47. The number of hydrogen-bond donors (Lipinski definition) is 0. The summed E-state index contributed by atoms with van der Waals surface area (Å²) in [6.07, 6.45) is 0. The van der Waals surface area contributed by atoms with Crippen LogP contribution in [0.3, 0.4) is 0 Å². The zero-order valence-electron chi connectivity index (χ0n) is 37.2. The second-order valence-electron chi connectivity index (χ2n) is 17.9. The van der Waals surface area contributed by atoms with Crippen LogP contribution in [0.4, 0.5) is 34.1 Å². The molecule has 0 fully saturated rings. The fourth-order valence-corrected chi connectivity index (χ4v) is 10.2. The molecule has 63 heavy (non-hydrogen) atoms. The van der Waals surface area contributed by atoms with Gasteiger partial charge in [-0.15, -0.1) is 0 Å². The van der Waals surface area contributed by atoms with Gasteiger partial charge in [0, 0.05) is 49.9 Å². The van der Waals surface area contributed by atoms with Crippen LogP contribution in [0.5, 0.6) is 0 Å². The van der Waals surface area contributed by atoms with Crippen molar-refractivity contribution in [1.82, 2.24) is 0 Å². The van der Waals surface area contributed by atoms with Crippen molar-refractivity contribution in [2.45, 2.75) is 61.3 Å². The highest BCUT2D eigenvalue weighted by atomic mass is 16.3. The van der Waals surface area contributed by atoms with Gasteiger partial charge in [0.2, 0.25) is 0 Å². The van der Waals surface area contributed by atoms with E-state index in [1.165, 1.54) is 66.9 Å². The molecule has 2 heterocycles. The number of fused-ring (bicyclic) bond motifs is 8. The Bertz CT molecular complexity index is 3370. The lowest BCUT2D eigenvalue weighted by molar-refractivity contribution is 0.638. The van der Waals surface area contributed by atoms with Crippen molar-refractivity contribution in [3.63, 3.8) is 0 Å². The zero-order chi connectivity index (χ0) is 43.3. The monoisotopic (exact) mass is 818 g/mol. The molecule has 0 N–H and O–H groups in total. The number of rotatable bonds is 7. The van der Waals surface area contributed by atoms with E-state index in [-0.39, 0.29) is 5.92 Å². The van der Waals surface area contributed by atoms with Crippen LogP contribution < -0.4 is 9.80 Å². The predicted octanol–water partition coefficient (Wildman–Crippen LogP) is 17.7. The van der Waals surface area contributed by atoms with Gasteiger partial charge >= 0.3 is 0 Å². The van der Waals surface area contributed by atoms with Gasteiger partial charge in [0.1, 0.15) is 22.3 Å². The van der Waals surface area contributed by atoms with Crippen LogP contribution >= 0.6 is 0 Å². The number of anilines is 6. The number of para-hydroxylation sites is 4. The van der Waals surface area contributed by atoms with Crippen LogP contribution in [-0.4, -0.2) is 0 Å². The van der Waals surface area contributed by atoms with Crippen molar-refractivity contribution in [2.75, 3.05) is 9.80 Å². The molecule has 0 aliphatic rings. The van der Waals surface area contributed by atoms with Gasteiger partial charge in [0.25, 0.3) is 0 Å². The maximum absolute atomic E-state index is 6.94. The fourth-order valence-electron chi connectivity index (χ4n) is 10.2. The van der Waals surface area contributed by atoms with Crippen molar-refractivity contribution in [2.24, 2.45) is 0 Å². The minimum atomic E-state index is 0.166. The molecule has 0 radical (unpaired) electrons. The SMILES string of the molecule is Cc1ccccc1N(c1ccc2cc3c(cc2c1)oc1c(C(C)C)c2oc4cc5cc(N(c6ccccc6C)c6c(C)cccc6C)ccc5cc4c2cc13)c1c(C)cccc1C. The summed E-state index contributed by atoms with van der Waals surface area (Å²) >= 11 is 0. The van der Waals surface area contributed by atoms with Crippen molar-refractivity contribution in [3.8, 4) is 0 Å². The summed E-state index contributed by atoms with van der Waals surface area (Å²) < 4.78 is 13.9. The van der Waals surface area contributed by atoms with E-state index in [1.54, 1.807) is 0 Å². The largest absolute Gasteiger partial charge is 0.456 e. The van der Waals surface area contributed by atoms with E-state index in [2.05, 4.69) is 217 Å². The first kappa shape index (κ1) is 38.6. The molecule has 0 saturated carbocycles. The van der Waals surface area contributed by atoms with E-state index < -0.39 is 0 Å². The average molecular weight is 819 g/mol. The number of hydrogen-bond acceptors (Lipinski definition) is 4. The lowest BCUT2D eigenvalue weighted by Crippen LogP contribution is -2.14. The van der Waals surface area contributed by atoms with Crippen molar-refractivity contribution >= 4 is 99.5 Å². The standard InChI is InChI=1S/C59H50N2O2/c1-34(2)55-58-49(47-29-41-23-25-45(27-43(41)31-53(47)62-58)60(51-21-11-9-15-35(51)3)56-37(5)17-13-18-38(56)6)33-50-48-30-42-24-26-46(28-44(42)32-54(48)63-59(50)55)61(52-22-12-10-16-36(52)4)57-39(7)19-14-20-40(57)8/h9-34H,1-8H3. The van der Waals surface area contributed by atoms with Crippen LogP contribution in [-0.2, 0) is 0 Å².